The Morgan fingerprint density at radius 1 is 1.42 bits per heavy atom. The van der Waals surface area contributed by atoms with Crippen LogP contribution in [0.3, 0.4) is 0 Å². The molecule has 2 N–H and O–H groups in total. The Balaban J connectivity index is 1.94. The fourth-order valence-electron chi connectivity index (χ4n) is 2.16. The van der Waals surface area contributed by atoms with Crippen LogP contribution in [0, 0.1) is 12.7 Å². The molecule has 0 bridgehead atoms. The zero-order chi connectivity index (χ0) is 13.4. The normalized spacial score (nSPS) is 22.9. The molecule has 0 saturated carbocycles. The zero-order valence-electron chi connectivity index (χ0n) is 10.5. The van der Waals surface area contributed by atoms with Crippen molar-refractivity contribution >= 4 is 11.8 Å². The molecule has 2 heterocycles. The molecule has 1 saturated heterocycles. The molecule has 0 amide bonds. The van der Waals surface area contributed by atoms with Crippen molar-refractivity contribution in [3.8, 4) is 11.4 Å². The van der Waals surface area contributed by atoms with Crippen molar-refractivity contribution in [1.82, 2.24) is 10.1 Å². The summed E-state index contributed by atoms with van der Waals surface area (Å²) in [7, 11) is 0. The standard InChI is InChI=1S/C13H14FN3OS/c1-7-2-3-8(14)4-9(7)12-16-13(18-17-12)10-5-19-6-11(10)15/h2-4,10-11H,5-6,15H2,1H3. The number of benzene rings is 1. The van der Waals surface area contributed by atoms with E-state index in [4.69, 9.17) is 10.3 Å². The van der Waals surface area contributed by atoms with Gasteiger partial charge >= 0.3 is 0 Å². The smallest absolute Gasteiger partial charge is 0.232 e. The van der Waals surface area contributed by atoms with Gasteiger partial charge in [0.2, 0.25) is 11.7 Å². The van der Waals surface area contributed by atoms with Crippen molar-refractivity contribution in [3.05, 3.63) is 35.5 Å². The lowest BCUT2D eigenvalue weighted by Gasteiger charge is -2.07. The fourth-order valence-corrected chi connectivity index (χ4v) is 3.44. The summed E-state index contributed by atoms with van der Waals surface area (Å²) in [5.74, 6) is 2.57. The van der Waals surface area contributed by atoms with Crippen LogP contribution in [0.15, 0.2) is 22.7 Å². The van der Waals surface area contributed by atoms with Gasteiger partial charge < -0.3 is 10.3 Å². The van der Waals surface area contributed by atoms with Gasteiger partial charge in [-0.1, -0.05) is 11.2 Å². The number of thioether (sulfide) groups is 1. The molecule has 6 heteroatoms. The summed E-state index contributed by atoms with van der Waals surface area (Å²) in [6, 6.07) is 4.60. The van der Waals surface area contributed by atoms with E-state index in [1.165, 1.54) is 12.1 Å². The van der Waals surface area contributed by atoms with Gasteiger partial charge in [0.1, 0.15) is 5.82 Å². The Morgan fingerprint density at radius 2 is 2.26 bits per heavy atom. The van der Waals surface area contributed by atoms with E-state index in [-0.39, 0.29) is 17.8 Å². The topological polar surface area (TPSA) is 64.9 Å². The van der Waals surface area contributed by atoms with Crippen molar-refractivity contribution < 1.29 is 8.91 Å². The minimum Gasteiger partial charge on any atom is -0.339 e. The highest BCUT2D eigenvalue weighted by atomic mass is 32.2. The SMILES string of the molecule is Cc1ccc(F)cc1-c1noc(C2CSCC2N)n1. The van der Waals surface area contributed by atoms with Crippen LogP contribution in [-0.2, 0) is 0 Å². The fraction of sp³-hybridized carbons (Fsp3) is 0.385. The van der Waals surface area contributed by atoms with Gasteiger partial charge in [0, 0.05) is 23.1 Å². The van der Waals surface area contributed by atoms with Gasteiger partial charge in [0.05, 0.1) is 5.92 Å². The zero-order valence-corrected chi connectivity index (χ0v) is 11.3. The van der Waals surface area contributed by atoms with Crippen LogP contribution in [0.25, 0.3) is 11.4 Å². The van der Waals surface area contributed by atoms with Gasteiger partial charge in [0.25, 0.3) is 0 Å². The number of aromatic nitrogens is 2. The van der Waals surface area contributed by atoms with Crippen LogP contribution in [0.4, 0.5) is 4.39 Å². The van der Waals surface area contributed by atoms with E-state index < -0.39 is 0 Å². The minimum absolute atomic E-state index is 0.0481. The average Bonchev–Trinajstić information content (AvgIpc) is 3.00. The molecule has 1 fully saturated rings. The lowest BCUT2D eigenvalue weighted by molar-refractivity contribution is 0.352. The highest BCUT2D eigenvalue weighted by Crippen LogP contribution is 2.32. The van der Waals surface area contributed by atoms with Crippen molar-refractivity contribution in [3.63, 3.8) is 0 Å². The lowest BCUT2D eigenvalue weighted by atomic mass is 10.0. The first-order valence-corrected chi connectivity index (χ1v) is 7.24. The number of halogens is 1. The Labute approximate surface area is 114 Å². The van der Waals surface area contributed by atoms with Crippen LogP contribution < -0.4 is 5.73 Å². The number of aryl methyl sites for hydroxylation is 1. The highest BCUT2D eigenvalue weighted by Gasteiger charge is 2.31. The Bertz CT molecular complexity index is 601. The monoisotopic (exact) mass is 279 g/mol. The van der Waals surface area contributed by atoms with E-state index in [1.54, 1.807) is 17.8 Å². The quantitative estimate of drug-likeness (QED) is 0.914. The molecule has 4 nitrogen and oxygen atoms in total. The predicted octanol–water partition coefficient (Wildman–Crippen LogP) is 2.34. The first-order chi connectivity index (χ1) is 9.15. The average molecular weight is 279 g/mol. The third-order valence-corrected chi connectivity index (χ3v) is 4.54. The molecule has 100 valence electrons. The maximum absolute atomic E-state index is 13.3. The molecule has 2 aromatic rings. The molecule has 1 aromatic carbocycles. The summed E-state index contributed by atoms with van der Waals surface area (Å²) in [5, 5.41) is 3.95. The lowest BCUT2D eigenvalue weighted by Crippen LogP contribution is -2.26. The maximum atomic E-state index is 13.3. The van der Waals surface area contributed by atoms with Crippen LogP contribution in [0.5, 0.6) is 0 Å². The van der Waals surface area contributed by atoms with Crippen molar-refractivity contribution in [1.29, 1.82) is 0 Å². The second kappa shape index (κ2) is 4.94. The maximum Gasteiger partial charge on any atom is 0.232 e. The molecule has 19 heavy (non-hydrogen) atoms. The van der Waals surface area contributed by atoms with E-state index >= 15 is 0 Å². The van der Waals surface area contributed by atoms with Gasteiger partial charge in [-0.25, -0.2) is 4.39 Å². The predicted molar refractivity (Wildman–Crippen MR) is 72.5 cm³/mol. The number of nitrogens with zero attached hydrogens (tertiary/aromatic N) is 2. The molecule has 1 aliphatic heterocycles. The van der Waals surface area contributed by atoms with Gasteiger partial charge in [0.15, 0.2) is 0 Å². The first kappa shape index (κ1) is 12.6. The molecular formula is C13H14FN3OS. The second-order valence-corrected chi connectivity index (χ2v) is 5.80. The summed E-state index contributed by atoms with van der Waals surface area (Å²) in [6.45, 7) is 1.89. The molecule has 1 aliphatic rings. The molecule has 2 unspecified atom stereocenters. The van der Waals surface area contributed by atoms with Gasteiger partial charge in [-0.15, -0.1) is 0 Å². The van der Waals surface area contributed by atoms with Crippen molar-refractivity contribution in [2.45, 2.75) is 18.9 Å². The Morgan fingerprint density at radius 3 is 3.00 bits per heavy atom. The van der Waals surface area contributed by atoms with E-state index in [0.29, 0.717) is 17.3 Å². The van der Waals surface area contributed by atoms with Gasteiger partial charge in [-0.2, -0.15) is 16.7 Å². The second-order valence-electron chi connectivity index (χ2n) is 4.72. The van der Waals surface area contributed by atoms with Gasteiger partial charge in [-0.3, -0.25) is 0 Å². The first-order valence-electron chi connectivity index (χ1n) is 6.08. The molecule has 1 aromatic heterocycles. The summed E-state index contributed by atoms with van der Waals surface area (Å²) in [6.07, 6.45) is 0. The molecule has 2 atom stereocenters. The third-order valence-electron chi connectivity index (χ3n) is 3.32. The number of hydrogen-bond donors (Lipinski definition) is 1. The molecule has 0 spiro atoms. The van der Waals surface area contributed by atoms with Crippen LogP contribution in [-0.4, -0.2) is 27.7 Å². The van der Waals surface area contributed by atoms with E-state index in [1.807, 2.05) is 6.92 Å². The Kier molecular flexibility index (Phi) is 3.28. The molecular weight excluding hydrogens is 265 g/mol. The van der Waals surface area contributed by atoms with Crippen LogP contribution >= 0.6 is 11.8 Å². The Hall–Kier alpha value is -1.40. The van der Waals surface area contributed by atoms with E-state index in [2.05, 4.69) is 10.1 Å². The van der Waals surface area contributed by atoms with E-state index in [9.17, 15) is 4.39 Å². The highest BCUT2D eigenvalue weighted by molar-refractivity contribution is 7.99. The minimum atomic E-state index is -0.305. The molecule has 0 aliphatic carbocycles. The molecule has 0 radical (unpaired) electrons. The largest absolute Gasteiger partial charge is 0.339 e. The summed E-state index contributed by atoms with van der Waals surface area (Å²) < 4.78 is 18.6. The van der Waals surface area contributed by atoms with Gasteiger partial charge in [-0.05, 0) is 24.6 Å². The summed E-state index contributed by atoms with van der Waals surface area (Å²) in [4.78, 5) is 4.38. The number of hydrogen-bond acceptors (Lipinski definition) is 5. The third kappa shape index (κ3) is 2.37. The summed E-state index contributed by atoms with van der Waals surface area (Å²) in [5.41, 5.74) is 7.58. The van der Waals surface area contributed by atoms with E-state index in [0.717, 1.165) is 17.1 Å². The van der Waals surface area contributed by atoms with Crippen molar-refractivity contribution in [2.75, 3.05) is 11.5 Å². The number of rotatable bonds is 2. The summed E-state index contributed by atoms with van der Waals surface area (Å²) >= 11 is 1.78. The van der Waals surface area contributed by atoms with Crippen LogP contribution in [0.1, 0.15) is 17.4 Å². The van der Waals surface area contributed by atoms with Crippen LogP contribution in [0.2, 0.25) is 0 Å². The van der Waals surface area contributed by atoms with Crippen molar-refractivity contribution in [2.24, 2.45) is 5.73 Å². The molecule has 3 rings (SSSR count). The number of nitrogens with two attached hydrogens (primary N) is 1.